The summed E-state index contributed by atoms with van der Waals surface area (Å²) >= 11 is 6.21. The van der Waals surface area contributed by atoms with Crippen molar-refractivity contribution in [2.75, 3.05) is 0 Å². The maximum atomic E-state index is 12.2. The van der Waals surface area contributed by atoms with E-state index in [-0.39, 0.29) is 5.75 Å². The van der Waals surface area contributed by atoms with Crippen LogP contribution in [0.5, 0.6) is 5.75 Å². The summed E-state index contributed by atoms with van der Waals surface area (Å²) in [4.78, 5) is 12.2. The molecule has 5 rings (SSSR count). The highest BCUT2D eigenvalue weighted by atomic mass is 35.5. The fraction of sp³-hybridized carbons (Fsp3) is 0.0385. The van der Waals surface area contributed by atoms with Gasteiger partial charge >= 0.3 is 0 Å². The second-order valence-corrected chi connectivity index (χ2v) is 7.97. The fourth-order valence-electron chi connectivity index (χ4n) is 4.23. The Labute approximate surface area is 184 Å². The molecule has 31 heavy (non-hydrogen) atoms. The first-order valence-corrected chi connectivity index (χ1v) is 10.3. The number of phenols is 1. The topological polar surface area (TPSA) is 68.2 Å². The zero-order chi connectivity index (χ0) is 21.5. The minimum atomic E-state index is -0.529. The number of aromatic hydroxyl groups is 1. The molecule has 0 spiro atoms. The molecule has 4 nitrogen and oxygen atoms in total. The van der Waals surface area contributed by atoms with Gasteiger partial charge in [-0.3, -0.25) is 4.79 Å². The molecule has 0 unspecified atom stereocenters. The molecular formula is C26H19ClN2O2. The molecule has 0 saturated heterocycles. The van der Waals surface area contributed by atoms with Crippen LogP contribution in [-0.4, -0.2) is 15.6 Å². The summed E-state index contributed by atoms with van der Waals surface area (Å²) in [5.41, 5.74) is 10.6. The molecule has 5 heteroatoms. The zero-order valence-corrected chi connectivity index (χ0v) is 17.3. The lowest BCUT2D eigenvalue weighted by atomic mass is 10.0. The summed E-state index contributed by atoms with van der Waals surface area (Å²) in [6.07, 6.45) is 0. The number of hydrogen-bond acceptors (Lipinski definition) is 2. The van der Waals surface area contributed by atoms with E-state index in [1.165, 1.54) is 0 Å². The molecular weight excluding hydrogens is 408 g/mol. The molecule has 0 aliphatic heterocycles. The zero-order valence-electron chi connectivity index (χ0n) is 16.5. The van der Waals surface area contributed by atoms with Gasteiger partial charge in [0.1, 0.15) is 5.75 Å². The maximum Gasteiger partial charge on any atom is 0.249 e. The van der Waals surface area contributed by atoms with Crippen LogP contribution in [0.25, 0.3) is 32.9 Å². The van der Waals surface area contributed by atoms with Gasteiger partial charge in [-0.05, 0) is 53.1 Å². The minimum Gasteiger partial charge on any atom is -0.507 e. The van der Waals surface area contributed by atoms with Crippen molar-refractivity contribution in [2.45, 2.75) is 6.54 Å². The average Bonchev–Trinajstić information content (AvgIpc) is 3.08. The van der Waals surface area contributed by atoms with Crippen LogP contribution in [0.3, 0.4) is 0 Å². The van der Waals surface area contributed by atoms with Gasteiger partial charge in [0, 0.05) is 22.5 Å². The molecule has 1 amide bonds. The van der Waals surface area contributed by atoms with E-state index in [0.717, 1.165) is 27.7 Å². The number of hydrogen-bond donors (Lipinski definition) is 2. The highest BCUT2D eigenvalue weighted by molar-refractivity contribution is 6.30. The number of nitrogens with zero attached hydrogens (tertiary/aromatic N) is 1. The summed E-state index contributed by atoms with van der Waals surface area (Å²) in [7, 11) is 0. The van der Waals surface area contributed by atoms with Crippen LogP contribution in [0, 0.1) is 0 Å². The SMILES string of the molecule is NC(=O)c1cccc2c1c1c(O)cc(-c3ccccc3)cc1n2Cc1cccc(Cl)c1. The van der Waals surface area contributed by atoms with Crippen molar-refractivity contribution in [3.05, 3.63) is 101 Å². The number of carbonyl (C=O) groups excluding carboxylic acids is 1. The quantitative estimate of drug-likeness (QED) is 0.372. The number of primary amides is 1. The second kappa shape index (κ2) is 7.49. The number of amides is 1. The van der Waals surface area contributed by atoms with Crippen molar-refractivity contribution in [3.63, 3.8) is 0 Å². The number of aromatic nitrogens is 1. The molecule has 0 fully saturated rings. The van der Waals surface area contributed by atoms with Crippen LogP contribution in [0.4, 0.5) is 0 Å². The number of rotatable bonds is 4. The first kappa shape index (κ1) is 19.2. The molecule has 0 aliphatic carbocycles. The van der Waals surface area contributed by atoms with Crippen LogP contribution in [0.1, 0.15) is 15.9 Å². The lowest BCUT2D eigenvalue weighted by Crippen LogP contribution is -2.11. The molecule has 4 aromatic carbocycles. The minimum absolute atomic E-state index is 0.111. The van der Waals surface area contributed by atoms with Gasteiger partial charge in [0.05, 0.1) is 16.4 Å². The predicted octanol–water partition coefficient (Wildman–Crippen LogP) is 5.97. The van der Waals surface area contributed by atoms with E-state index in [9.17, 15) is 9.90 Å². The summed E-state index contributed by atoms with van der Waals surface area (Å²) in [5.74, 6) is -0.418. The highest BCUT2D eigenvalue weighted by Gasteiger charge is 2.20. The van der Waals surface area contributed by atoms with Crippen molar-refractivity contribution in [2.24, 2.45) is 5.73 Å². The third kappa shape index (κ3) is 3.31. The van der Waals surface area contributed by atoms with Gasteiger partial charge in [-0.15, -0.1) is 0 Å². The predicted molar refractivity (Wildman–Crippen MR) is 126 cm³/mol. The molecule has 0 atom stereocenters. The van der Waals surface area contributed by atoms with Gasteiger partial charge in [-0.2, -0.15) is 0 Å². The van der Waals surface area contributed by atoms with Gasteiger partial charge in [0.25, 0.3) is 0 Å². The van der Waals surface area contributed by atoms with E-state index in [2.05, 4.69) is 4.57 Å². The molecule has 1 heterocycles. The Hall–Kier alpha value is -3.76. The van der Waals surface area contributed by atoms with E-state index < -0.39 is 5.91 Å². The number of carbonyl (C=O) groups is 1. The Morgan fingerprint density at radius 2 is 1.61 bits per heavy atom. The summed E-state index contributed by atoms with van der Waals surface area (Å²) < 4.78 is 2.09. The van der Waals surface area contributed by atoms with Crippen LogP contribution < -0.4 is 5.73 Å². The second-order valence-electron chi connectivity index (χ2n) is 7.54. The third-order valence-electron chi connectivity index (χ3n) is 5.57. The lowest BCUT2D eigenvalue weighted by Gasteiger charge is -2.10. The maximum absolute atomic E-state index is 12.2. The van der Waals surface area contributed by atoms with Gasteiger partial charge < -0.3 is 15.4 Å². The molecule has 152 valence electrons. The van der Waals surface area contributed by atoms with Crippen molar-refractivity contribution < 1.29 is 9.90 Å². The number of halogens is 1. The van der Waals surface area contributed by atoms with Gasteiger partial charge in [-0.25, -0.2) is 0 Å². The van der Waals surface area contributed by atoms with E-state index >= 15 is 0 Å². The van der Waals surface area contributed by atoms with Crippen LogP contribution in [-0.2, 0) is 6.54 Å². The van der Waals surface area contributed by atoms with Crippen molar-refractivity contribution in [3.8, 4) is 16.9 Å². The number of fused-ring (bicyclic) bond motifs is 3. The molecule has 1 aromatic heterocycles. The smallest absolute Gasteiger partial charge is 0.249 e. The summed E-state index contributed by atoms with van der Waals surface area (Å²) in [5, 5.41) is 13.0. The summed E-state index contributed by atoms with van der Waals surface area (Å²) in [6, 6.07) is 26.8. The normalized spacial score (nSPS) is 11.3. The first-order valence-electron chi connectivity index (χ1n) is 9.90. The molecule has 0 radical (unpaired) electrons. The fourth-order valence-corrected chi connectivity index (χ4v) is 4.44. The third-order valence-corrected chi connectivity index (χ3v) is 5.81. The Morgan fingerprint density at radius 3 is 2.35 bits per heavy atom. The standard InChI is InChI=1S/C26H19ClN2O2/c27-19-9-4-6-16(12-19)15-29-21-11-5-10-20(26(28)31)24(21)25-22(29)13-18(14-23(25)30)17-7-2-1-3-8-17/h1-14,30H,15H2,(H2,28,31). The van der Waals surface area contributed by atoms with E-state index in [0.29, 0.717) is 27.9 Å². The van der Waals surface area contributed by atoms with Crippen LogP contribution in [0.2, 0.25) is 5.02 Å². The Bertz CT molecular complexity index is 1460. The van der Waals surface area contributed by atoms with E-state index in [1.807, 2.05) is 72.8 Å². The highest BCUT2D eigenvalue weighted by Crippen LogP contribution is 2.40. The van der Waals surface area contributed by atoms with E-state index in [4.69, 9.17) is 17.3 Å². The van der Waals surface area contributed by atoms with Gasteiger partial charge in [-0.1, -0.05) is 60.1 Å². The van der Waals surface area contributed by atoms with Crippen LogP contribution in [0.15, 0.2) is 84.9 Å². The van der Waals surface area contributed by atoms with Gasteiger partial charge in [0.2, 0.25) is 5.91 Å². The van der Waals surface area contributed by atoms with Gasteiger partial charge in [0.15, 0.2) is 0 Å². The van der Waals surface area contributed by atoms with Crippen LogP contribution >= 0.6 is 11.6 Å². The number of phenolic OH excluding ortho intramolecular Hbond substituents is 1. The molecule has 0 aliphatic rings. The summed E-state index contributed by atoms with van der Waals surface area (Å²) in [6.45, 7) is 0.528. The Balaban J connectivity index is 1.86. The first-order chi connectivity index (χ1) is 15.0. The molecule has 0 bridgehead atoms. The Morgan fingerprint density at radius 1 is 0.839 bits per heavy atom. The molecule has 0 saturated carbocycles. The van der Waals surface area contributed by atoms with Crippen molar-refractivity contribution in [1.82, 2.24) is 4.57 Å². The molecule has 3 N–H and O–H groups in total. The van der Waals surface area contributed by atoms with E-state index in [1.54, 1.807) is 12.1 Å². The van der Waals surface area contributed by atoms with Crippen molar-refractivity contribution >= 4 is 39.3 Å². The molecule has 5 aromatic rings. The number of benzene rings is 4. The monoisotopic (exact) mass is 426 g/mol. The number of nitrogens with two attached hydrogens (primary N) is 1. The lowest BCUT2D eigenvalue weighted by molar-refractivity contribution is 0.100. The van der Waals surface area contributed by atoms with Crippen molar-refractivity contribution in [1.29, 1.82) is 0 Å². The largest absolute Gasteiger partial charge is 0.507 e. The average molecular weight is 427 g/mol. The Kier molecular flexibility index (Phi) is 4.64.